The quantitative estimate of drug-likeness (QED) is 0.702. The number of hydrogen-bond donors (Lipinski definition) is 2. The lowest BCUT2D eigenvalue weighted by molar-refractivity contribution is -0.179. The molecule has 0 radical (unpaired) electrons. The van der Waals surface area contributed by atoms with E-state index in [0.717, 1.165) is 38.7 Å². The van der Waals surface area contributed by atoms with Crippen molar-refractivity contribution in [2.75, 3.05) is 6.61 Å². The average Bonchev–Trinajstić information content (AvgIpc) is 3.20. The maximum atomic E-state index is 10.4. The third-order valence-electron chi connectivity index (χ3n) is 6.27. The largest absolute Gasteiger partial charge is 0.392 e. The summed E-state index contributed by atoms with van der Waals surface area (Å²) in [5.41, 5.74) is 1.29. The fourth-order valence-corrected chi connectivity index (χ4v) is 4.76. The van der Waals surface area contributed by atoms with Crippen LogP contribution in [-0.2, 0) is 20.6 Å². The molecular weight excluding hydrogens is 356 g/mol. The molecule has 1 aromatic rings. The molecule has 5 nitrogen and oxygen atoms in total. The van der Waals surface area contributed by atoms with E-state index in [2.05, 4.69) is 36.4 Å². The molecule has 4 rings (SSSR count). The molecule has 5 heteroatoms. The second kappa shape index (κ2) is 9.51. The maximum absolute atomic E-state index is 10.4. The first-order valence-electron chi connectivity index (χ1n) is 10.7. The van der Waals surface area contributed by atoms with Crippen LogP contribution in [0.2, 0.25) is 0 Å². The Morgan fingerprint density at radius 1 is 1.14 bits per heavy atom. The minimum absolute atomic E-state index is 0.0113. The van der Waals surface area contributed by atoms with Gasteiger partial charge in [-0.2, -0.15) is 0 Å². The Morgan fingerprint density at radius 2 is 2.00 bits per heavy atom. The van der Waals surface area contributed by atoms with Gasteiger partial charge in [0, 0.05) is 25.4 Å². The van der Waals surface area contributed by atoms with Crippen LogP contribution in [0.5, 0.6) is 0 Å². The van der Waals surface area contributed by atoms with E-state index in [4.69, 9.17) is 14.2 Å². The van der Waals surface area contributed by atoms with Crippen LogP contribution in [0.1, 0.15) is 44.1 Å². The summed E-state index contributed by atoms with van der Waals surface area (Å²) in [6.07, 6.45) is 9.02. The number of aryl methyl sites for hydroxylation is 1. The third kappa shape index (κ3) is 5.02. The van der Waals surface area contributed by atoms with Crippen molar-refractivity contribution in [2.45, 2.75) is 75.8 Å². The highest BCUT2D eigenvalue weighted by atomic mass is 16.7. The second-order valence-electron chi connectivity index (χ2n) is 8.29. The van der Waals surface area contributed by atoms with Crippen molar-refractivity contribution in [3.8, 4) is 0 Å². The summed E-state index contributed by atoms with van der Waals surface area (Å²) in [4.78, 5) is 0. The van der Waals surface area contributed by atoms with Crippen LogP contribution in [0.15, 0.2) is 42.5 Å². The van der Waals surface area contributed by atoms with Crippen molar-refractivity contribution < 1.29 is 24.4 Å². The molecule has 3 fully saturated rings. The molecule has 28 heavy (non-hydrogen) atoms. The first-order valence-corrected chi connectivity index (χ1v) is 10.7. The maximum Gasteiger partial charge on any atom is 0.158 e. The smallest absolute Gasteiger partial charge is 0.158 e. The molecule has 1 aromatic carbocycles. The SMILES string of the molecule is OC1C[C@@H]2[C@@H](/C=C/C(CCc3ccccc3)OC3CCCCO3)[C@H](O)C[C@@H]2O1. The van der Waals surface area contributed by atoms with Crippen molar-refractivity contribution >= 4 is 0 Å². The normalized spacial score (nSPS) is 36.6. The molecule has 3 unspecified atom stereocenters. The Bertz CT molecular complexity index is 627. The summed E-state index contributed by atoms with van der Waals surface area (Å²) in [6.45, 7) is 0.764. The van der Waals surface area contributed by atoms with E-state index < -0.39 is 12.4 Å². The van der Waals surface area contributed by atoms with Gasteiger partial charge in [0.05, 0.1) is 18.3 Å². The van der Waals surface area contributed by atoms with Crippen LogP contribution in [-0.4, -0.2) is 47.7 Å². The molecule has 7 atom stereocenters. The van der Waals surface area contributed by atoms with Gasteiger partial charge in [0.25, 0.3) is 0 Å². The van der Waals surface area contributed by atoms with E-state index in [1.54, 1.807) is 0 Å². The zero-order valence-corrected chi connectivity index (χ0v) is 16.4. The minimum Gasteiger partial charge on any atom is -0.392 e. The fourth-order valence-electron chi connectivity index (χ4n) is 4.76. The number of benzene rings is 1. The van der Waals surface area contributed by atoms with Gasteiger partial charge in [0.1, 0.15) is 0 Å². The van der Waals surface area contributed by atoms with E-state index >= 15 is 0 Å². The van der Waals surface area contributed by atoms with Crippen molar-refractivity contribution in [1.29, 1.82) is 0 Å². The first-order chi connectivity index (χ1) is 13.7. The van der Waals surface area contributed by atoms with E-state index in [1.165, 1.54) is 5.56 Å². The van der Waals surface area contributed by atoms with E-state index in [0.29, 0.717) is 12.8 Å². The lowest BCUT2D eigenvalue weighted by Crippen LogP contribution is -2.28. The summed E-state index contributed by atoms with van der Waals surface area (Å²) in [7, 11) is 0. The highest BCUT2D eigenvalue weighted by Gasteiger charge is 2.47. The van der Waals surface area contributed by atoms with Gasteiger partial charge in [-0.3, -0.25) is 0 Å². The van der Waals surface area contributed by atoms with Crippen LogP contribution >= 0.6 is 0 Å². The Labute approximate surface area is 167 Å². The third-order valence-corrected chi connectivity index (χ3v) is 6.27. The van der Waals surface area contributed by atoms with Gasteiger partial charge in [0.2, 0.25) is 0 Å². The molecule has 2 aliphatic heterocycles. The molecule has 1 aliphatic carbocycles. The Morgan fingerprint density at radius 3 is 2.79 bits per heavy atom. The molecule has 2 heterocycles. The lowest BCUT2D eigenvalue weighted by Gasteiger charge is -2.27. The van der Waals surface area contributed by atoms with Gasteiger partial charge in [-0.1, -0.05) is 42.5 Å². The number of rotatable bonds is 7. The second-order valence-corrected chi connectivity index (χ2v) is 8.29. The monoisotopic (exact) mass is 388 g/mol. The molecule has 2 saturated heterocycles. The van der Waals surface area contributed by atoms with Crippen molar-refractivity contribution in [2.24, 2.45) is 11.8 Å². The molecular formula is C23H32O5. The highest BCUT2D eigenvalue weighted by molar-refractivity contribution is 5.15. The van der Waals surface area contributed by atoms with Crippen LogP contribution in [0.3, 0.4) is 0 Å². The molecule has 0 bridgehead atoms. The first kappa shape index (κ1) is 20.0. The predicted molar refractivity (Wildman–Crippen MR) is 105 cm³/mol. The number of aliphatic hydroxyl groups excluding tert-OH is 2. The minimum atomic E-state index is -0.695. The van der Waals surface area contributed by atoms with E-state index in [9.17, 15) is 10.2 Å². The summed E-state index contributed by atoms with van der Waals surface area (Å²) < 4.78 is 17.6. The molecule has 0 aromatic heterocycles. The zero-order valence-electron chi connectivity index (χ0n) is 16.4. The molecule has 2 N–H and O–H groups in total. The number of aliphatic hydroxyl groups is 2. The Kier molecular flexibility index (Phi) is 6.81. The van der Waals surface area contributed by atoms with E-state index in [1.807, 2.05) is 6.07 Å². The fraction of sp³-hybridized carbons (Fsp3) is 0.652. The average molecular weight is 389 g/mol. The molecule has 1 saturated carbocycles. The number of ether oxygens (including phenoxy) is 3. The highest BCUT2D eigenvalue weighted by Crippen LogP contribution is 2.43. The van der Waals surface area contributed by atoms with Gasteiger partial charge in [-0.15, -0.1) is 0 Å². The van der Waals surface area contributed by atoms with Gasteiger partial charge in [0.15, 0.2) is 12.6 Å². The number of hydrogen-bond acceptors (Lipinski definition) is 5. The zero-order chi connectivity index (χ0) is 19.3. The van der Waals surface area contributed by atoms with E-state index in [-0.39, 0.29) is 30.3 Å². The van der Waals surface area contributed by atoms with Gasteiger partial charge in [-0.25, -0.2) is 0 Å². The molecule has 3 aliphatic rings. The molecule has 0 spiro atoms. The van der Waals surface area contributed by atoms with Crippen LogP contribution < -0.4 is 0 Å². The summed E-state index contributed by atoms with van der Waals surface area (Å²) >= 11 is 0. The van der Waals surface area contributed by atoms with Crippen molar-refractivity contribution in [3.05, 3.63) is 48.0 Å². The topological polar surface area (TPSA) is 68.2 Å². The van der Waals surface area contributed by atoms with Crippen LogP contribution in [0.4, 0.5) is 0 Å². The Balaban J connectivity index is 1.40. The lowest BCUT2D eigenvalue weighted by atomic mass is 9.91. The number of fused-ring (bicyclic) bond motifs is 1. The standard InChI is InChI=1S/C23H32O5/c24-20-15-21-19(14-22(25)28-21)18(20)12-11-17(27-23-8-4-5-13-26-23)10-9-16-6-2-1-3-7-16/h1-3,6-7,11-12,17-25H,4-5,8-10,13-15H2/b12-11+/t17?,18-,19-,20-,21+,22?,23?/m1/s1. The summed E-state index contributed by atoms with van der Waals surface area (Å²) in [5, 5.41) is 20.2. The molecule has 0 amide bonds. The predicted octanol–water partition coefficient (Wildman–Crippen LogP) is 3.19. The Hall–Kier alpha value is -1.24. The van der Waals surface area contributed by atoms with Crippen molar-refractivity contribution in [1.82, 2.24) is 0 Å². The van der Waals surface area contributed by atoms with Gasteiger partial charge >= 0.3 is 0 Å². The van der Waals surface area contributed by atoms with Gasteiger partial charge < -0.3 is 24.4 Å². The van der Waals surface area contributed by atoms with Crippen LogP contribution in [0, 0.1) is 11.8 Å². The summed E-state index contributed by atoms with van der Waals surface area (Å²) in [5.74, 6) is 0.194. The van der Waals surface area contributed by atoms with Crippen molar-refractivity contribution in [3.63, 3.8) is 0 Å². The molecule has 154 valence electrons. The van der Waals surface area contributed by atoms with Gasteiger partial charge in [-0.05, 0) is 43.6 Å². The van der Waals surface area contributed by atoms with Crippen LogP contribution in [0.25, 0.3) is 0 Å². The summed E-state index contributed by atoms with van der Waals surface area (Å²) in [6, 6.07) is 10.4.